The van der Waals surface area contributed by atoms with E-state index in [0.29, 0.717) is 98.3 Å². The van der Waals surface area contributed by atoms with Gasteiger partial charge in [-0.3, -0.25) is 105 Å². The van der Waals surface area contributed by atoms with E-state index in [1.54, 1.807) is 30.3 Å². The van der Waals surface area contributed by atoms with Crippen molar-refractivity contribution in [3.05, 3.63) is 202 Å². The van der Waals surface area contributed by atoms with Crippen molar-refractivity contribution in [2.24, 2.45) is 61.6 Å². The number of esters is 5. The number of aliphatic hydroxyl groups excluding tert-OH is 1. The van der Waals surface area contributed by atoms with Gasteiger partial charge in [0.2, 0.25) is 0 Å². The molecule has 5 fully saturated rings. The van der Waals surface area contributed by atoms with Crippen molar-refractivity contribution in [2.45, 2.75) is 195 Å². The fourth-order valence-corrected chi connectivity index (χ4v) is 12.1. The molecule has 147 heavy (non-hydrogen) atoms. The molecular weight excluding hydrogens is 2650 g/mol. The minimum Gasteiger partial charge on any atom is -0.469 e. The molecule has 8 rings (SSSR count). The van der Waals surface area contributed by atoms with E-state index in [1.807, 2.05) is 19.9 Å². The van der Waals surface area contributed by atoms with Crippen LogP contribution in [0.25, 0.3) is 0 Å². The molecule has 1 aromatic rings. The van der Waals surface area contributed by atoms with Crippen LogP contribution < -0.4 is 5.46 Å². The molecular formula is C100H146BClF4O31SY9-18. The Bertz CT molecular complexity index is 4240. The first kappa shape index (κ1) is 183. The monoisotopic (exact) mass is 2800 g/mol. The number of benzene rings is 1. The van der Waals surface area contributed by atoms with E-state index in [0.717, 1.165) is 39.2 Å². The van der Waals surface area contributed by atoms with Crippen LogP contribution in [0.15, 0.2) is 72.1 Å². The minimum atomic E-state index is -5.84. The topological polar surface area (TPSA) is 468 Å². The van der Waals surface area contributed by atoms with Crippen molar-refractivity contribution >= 4 is 134 Å². The van der Waals surface area contributed by atoms with Crippen molar-refractivity contribution in [1.29, 1.82) is 0 Å². The number of alkyl halides is 4. The molecule has 7 aliphatic carbocycles. The van der Waals surface area contributed by atoms with Crippen molar-refractivity contribution < 1.29 is 460 Å². The summed E-state index contributed by atoms with van der Waals surface area (Å²) in [5.74, 6) is -4.88. The first-order chi connectivity index (χ1) is 62.8. The Morgan fingerprint density at radius 1 is 0.558 bits per heavy atom. The molecule has 3 atom stereocenters. The second-order valence-electron chi connectivity index (χ2n) is 34.1. The maximum Gasteiger partial charge on any atom is 0.534 e. The summed E-state index contributed by atoms with van der Waals surface area (Å²) in [4.78, 5) is 181. The number of methoxy groups -OCH3 is 7. The van der Waals surface area contributed by atoms with Gasteiger partial charge in [0.15, 0.2) is 11.6 Å². The van der Waals surface area contributed by atoms with Gasteiger partial charge in [0.1, 0.15) is 58.6 Å². The predicted molar refractivity (Wildman–Crippen MR) is 515 cm³/mol. The zero-order valence-electron chi connectivity index (χ0n) is 87.8. The van der Waals surface area contributed by atoms with Crippen LogP contribution in [0, 0.1) is 186 Å². The molecule has 7 aliphatic rings. The third-order valence-electron chi connectivity index (χ3n) is 17.7. The number of aliphatic hydroxyl groups is 1. The Labute approximate surface area is 1110 Å². The molecule has 0 saturated heterocycles. The minimum absolute atomic E-state index is 0. The SMILES string of the molecule is C.C=CC(C)=O.CC(C)CO.COC(=O)CC(=O)OC.COC(=O)OC.OB(O)c1ccc(Cl)cc1.[2H]CF.[CH2-]C([CH2-])=CC(C)=O.[CH2-]C([CH2-])=O.[CH2-]C1([CH2-])CC(=O)CC(=O)C1.[CH2-]C1([CH2-])CC(=O)CC(=O)C1C(=O)OC.[CH2-]C1([CH2-])CC(=O)CC(OCC(C)C)C1.[CH2-]C1([CH2-])CC=CC(=O)C1.[CH2-]C1([CH2-])CCC(C(=O)OC)=C(OS(=O)(=O)C(F)(F)F)C1.[CH2-]C1([CH2-])CCC(C(=O)OC)C(=O)C1.[CH2-]C1([CH2-])CCCC(=O)C1.[Y].[Y].[Y].[Y].[Y].[Y].[Y].[Y].[Y]. The summed E-state index contributed by atoms with van der Waals surface area (Å²) in [6, 6.07) is 6.34. The summed E-state index contributed by atoms with van der Waals surface area (Å²) in [6.45, 7) is 80.6. The molecule has 9 radical (unpaired) electrons. The van der Waals surface area contributed by atoms with Crippen molar-refractivity contribution in [3.63, 3.8) is 0 Å². The molecule has 47 heteroatoms. The molecule has 0 amide bonds. The van der Waals surface area contributed by atoms with Gasteiger partial charge in [-0.2, -0.15) is 21.6 Å². The van der Waals surface area contributed by atoms with Gasteiger partial charge in [-0.15, -0.1) is 12.2 Å². The number of ketones is 11. The Morgan fingerprint density at radius 3 is 1.27 bits per heavy atom. The molecule has 1 aromatic carbocycles. The summed E-state index contributed by atoms with van der Waals surface area (Å²) in [5.41, 5.74) is -8.76. The molecule has 0 aromatic heterocycles. The van der Waals surface area contributed by atoms with Gasteiger partial charge < -0.3 is 197 Å². The van der Waals surface area contributed by atoms with Crippen LogP contribution in [-0.4, -0.2) is 212 Å². The van der Waals surface area contributed by atoms with Gasteiger partial charge in [0, 0.05) is 331 Å². The van der Waals surface area contributed by atoms with Gasteiger partial charge in [-0.25, -0.2) is 15.7 Å². The van der Waals surface area contributed by atoms with E-state index in [9.17, 15) is 107 Å². The van der Waals surface area contributed by atoms with Gasteiger partial charge in [0.05, 0.1) is 88.7 Å². The van der Waals surface area contributed by atoms with Gasteiger partial charge in [-0.05, 0) is 120 Å². The second-order valence-corrected chi connectivity index (χ2v) is 36.1. The fourth-order valence-electron chi connectivity index (χ4n) is 11.5. The Morgan fingerprint density at radius 2 is 0.973 bits per heavy atom. The molecule has 821 valence electrons. The number of rotatable bonds is 14. The van der Waals surface area contributed by atoms with Gasteiger partial charge in [-0.1, -0.05) is 104 Å². The van der Waals surface area contributed by atoms with E-state index in [-0.39, 0.29) is 433 Å². The number of hydrogen-bond donors (Lipinski definition) is 3. The number of allylic oxidation sites excluding steroid dienone is 6. The summed E-state index contributed by atoms with van der Waals surface area (Å²) in [7, 11) is 0.213. The van der Waals surface area contributed by atoms with Crippen molar-refractivity contribution in [2.75, 3.05) is 70.1 Å². The number of halogens is 5. The van der Waals surface area contributed by atoms with E-state index in [2.05, 4.69) is 182 Å². The Balaban J connectivity index is -0.0000000840. The van der Waals surface area contributed by atoms with Gasteiger partial charge in [0.25, 0.3) is 0 Å². The van der Waals surface area contributed by atoms with E-state index in [4.69, 9.17) is 32.9 Å². The first-order valence-corrected chi connectivity index (χ1v) is 43.5. The summed E-state index contributed by atoms with van der Waals surface area (Å²) in [5, 5.41) is 26.0. The van der Waals surface area contributed by atoms with Crippen LogP contribution in [-0.2, 0) is 423 Å². The maximum absolute atomic E-state index is 12.3. The molecule has 0 aliphatic heterocycles. The zero-order valence-corrected chi connectivity index (χ0v) is 114. The molecule has 3 unspecified atom stereocenters. The smallest absolute Gasteiger partial charge is 0.469 e. The van der Waals surface area contributed by atoms with Crippen LogP contribution in [0.3, 0.4) is 0 Å². The zero-order chi connectivity index (χ0) is 110. The fraction of sp³-hybridized carbons (Fsp3) is 0.510. The summed E-state index contributed by atoms with van der Waals surface area (Å²) >= 11 is 5.55. The summed E-state index contributed by atoms with van der Waals surface area (Å²) < 4.78 is 114. The van der Waals surface area contributed by atoms with Crippen LogP contribution in [0.5, 0.6) is 0 Å². The normalized spacial score (nSPS) is 17.6. The van der Waals surface area contributed by atoms with E-state index in [1.165, 1.54) is 68.7 Å². The van der Waals surface area contributed by atoms with Crippen LogP contribution in [0.2, 0.25) is 5.02 Å². The quantitative estimate of drug-likeness (QED) is 0.0179. The Kier molecular flexibility index (Phi) is 121. The third-order valence-corrected chi connectivity index (χ3v) is 19.0. The number of ether oxygens (including phenoxy) is 8. The second kappa shape index (κ2) is 97.1. The predicted octanol–water partition coefficient (Wildman–Crippen LogP) is 14.5. The molecule has 0 spiro atoms. The number of carbonyl (C=O) groups is 17. The molecule has 3 N–H and O–H groups in total. The Hall–Kier alpha value is 0.250. The number of hydrogen-bond acceptors (Lipinski definition) is 31. The molecule has 0 heterocycles. The standard InChI is InChI=1S/C12H20O2.C11H13F3O5S.C10H12O4.C10H14O3.C8H10O2.C8H12O.C8H10O.C6H6BClO2.C6H8O.C5H8O4.C4H10O.C4H6O.C3H6O3.C3H4O.CH3F.CH4.9Y/c1-9(2)8-14-11-5-10(13)6-12(3,4)7-11;1-10(2)5-4-7(9(15)18-3)8(6-10)19-20(16,17)11(12,13)14;1-10(2)5-6(11)4-7(12)8(10)9(13)14-3;1-10(2)5-4-7(8(11)6-10)9(12)13-3;1-8(2)4-6(9)3-7(10)5-8;2*1-8(2)5-3-4-7(9)6-8;8-6-3-1-5(2-4-6)7(9)10;1-5(2)4-6(3)7;1-8-4(6)3-5(7)9-2;1-4(2)3-5;1-3-4(2)5;1-5-3(4)6-2;1-3(2)4;1-2;;;;;;;;;;/h9,11H,3-8H2,1-2H3;1-2,4-6H2,3H3;8H,1-2,4-5H2,3H3;7H,1-2,4-6H2,3H3;1-5H2;1-6H2;3-4H,1-2,5-6H2;1-4,9-10H;4H,1-2H2,3H3;3H2,1-2H3;4-5H,3H2,1-2H3;3H,1H2,2H3;1-2H3;1-2H2;1H3;1H4;;;;;;;;;/q7*-2;;-2;;;;;-2;;;;;;;;;;;/i;;;;;;;;;;;;;;1D;;;;;;;;;;. The number of carbonyl (C=O) groups excluding carboxylic acids is 17. The average molecular weight is 2800 g/mol. The van der Waals surface area contributed by atoms with Crippen LogP contribution >= 0.6 is 11.6 Å². The molecule has 31 nitrogen and oxygen atoms in total. The van der Waals surface area contributed by atoms with E-state index >= 15 is 0 Å². The van der Waals surface area contributed by atoms with Crippen molar-refractivity contribution in [1.82, 2.24) is 0 Å². The molecule has 5 saturated carbocycles. The largest absolute Gasteiger partial charge is 0.534 e. The molecule has 0 bridgehead atoms. The summed E-state index contributed by atoms with van der Waals surface area (Å²) in [6.07, 6.45) is 13.6. The van der Waals surface area contributed by atoms with E-state index < -0.39 is 111 Å². The van der Waals surface area contributed by atoms with Crippen LogP contribution in [0.1, 0.15) is 185 Å². The van der Waals surface area contributed by atoms with Crippen LogP contribution in [0.4, 0.5) is 22.4 Å². The first-order valence-electron chi connectivity index (χ1n) is 42.4. The van der Waals surface area contributed by atoms with Gasteiger partial charge >= 0.3 is 58.7 Å². The average Bonchev–Trinajstić information content (AvgIpc) is 0.794. The number of Topliss-reactive ketones (excluding diaryl/α,β-unsaturated/α-hetero) is 8. The third kappa shape index (κ3) is 103. The van der Waals surface area contributed by atoms with Crippen molar-refractivity contribution in [3.8, 4) is 0 Å². The maximum atomic E-state index is 12.3.